The molecule has 0 saturated heterocycles. The highest BCUT2D eigenvalue weighted by molar-refractivity contribution is 5.77. The molecule has 0 unspecified atom stereocenters. The Labute approximate surface area is 203 Å². The van der Waals surface area contributed by atoms with Crippen molar-refractivity contribution in [1.29, 1.82) is 0 Å². The number of hydrogen-bond acceptors (Lipinski definition) is 4. The smallest absolute Gasteiger partial charge is 0.493 e. The molecule has 0 saturated carbocycles. The maximum Gasteiger partial charge on any atom is 0.573 e. The van der Waals surface area contributed by atoms with Gasteiger partial charge >= 0.3 is 12.7 Å². The Bertz CT molecular complexity index is 1380. The average Bonchev–Trinajstić information content (AvgIpc) is 3.09. The number of hydrogen-bond donors (Lipinski definition) is 2. The fourth-order valence-corrected chi connectivity index (χ4v) is 3.46. The Morgan fingerprint density at radius 1 is 0.676 bits per heavy atom. The Balaban J connectivity index is 1.74. The minimum Gasteiger partial charge on any atom is -0.493 e. The van der Waals surface area contributed by atoms with Crippen LogP contribution >= 0.6 is 0 Å². The predicted molar refractivity (Wildman–Crippen MR) is 116 cm³/mol. The first-order valence-corrected chi connectivity index (χ1v) is 10.2. The van der Waals surface area contributed by atoms with Crippen molar-refractivity contribution in [3.8, 4) is 34.3 Å². The van der Waals surface area contributed by atoms with Gasteiger partial charge in [0.1, 0.15) is 28.8 Å². The lowest BCUT2D eigenvalue weighted by molar-refractivity contribution is -0.275. The van der Waals surface area contributed by atoms with Crippen LogP contribution in [0.15, 0.2) is 72.8 Å². The minimum atomic E-state index is -4.93. The predicted octanol–water partition coefficient (Wildman–Crippen LogP) is 7.67. The molecule has 0 spiro atoms. The normalized spacial score (nSPS) is 11.9. The zero-order valence-corrected chi connectivity index (χ0v) is 18.2. The Kier molecular flexibility index (Phi) is 6.63. The lowest BCUT2D eigenvalue weighted by Crippen LogP contribution is -2.17. The molecule has 0 aliphatic carbocycles. The minimum absolute atomic E-state index is 0.0228. The molecule has 5 nitrogen and oxygen atoms in total. The van der Waals surface area contributed by atoms with Gasteiger partial charge < -0.3 is 19.9 Å². The van der Waals surface area contributed by atoms with E-state index >= 15 is 0 Å². The summed E-state index contributed by atoms with van der Waals surface area (Å²) in [5.41, 5.74) is 0.312. The number of benzene rings is 3. The lowest BCUT2D eigenvalue weighted by atomic mass is 10.1. The lowest BCUT2D eigenvalue weighted by Gasteiger charge is -2.13. The van der Waals surface area contributed by atoms with E-state index in [-0.39, 0.29) is 28.3 Å². The van der Waals surface area contributed by atoms with Crippen molar-refractivity contribution in [2.75, 3.05) is 5.32 Å². The van der Waals surface area contributed by atoms with Gasteiger partial charge in [-0.2, -0.15) is 0 Å². The maximum atomic E-state index is 13.9. The van der Waals surface area contributed by atoms with Crippen molar-refractivity contribution in [1.82, 2.24) is 4.57 Å². The van der Waals surface area contributed by atoms with Crippen molar-refractivity contribution in [3.63, 3.8) is 0 Å². The summed E-state index contributed by atoms with van der Waals surface area (Å²) >= 11 is 0. The number of ether oxygens (including phenoxy) is 2. The van der Waals surface area contributed by atoms with E-state index < -0.39 is 41.7 Å². The summed E-state index contributed by atoms with van der Waals surface area (Å²) in [7, 11) is 0. The first-order chi connectivity index (χ1) is 17.3. The second-order valence-corrected chi connectivity index (χ2v) is 7.50. The fraction of sp³-hybridized carbons (Fsp3) is 0.0833. The molecule has 4 rings (SSSR count). The molecule has 0 amide bonds. The van der Waals surface area contributed by atoms with Gasteiger partial charge in [-0.3, -0.25) is 4.57 Å². The van der Waals surface area contributed by atoms with Crippen molar-refractivity contribution in [2.45, 2.75) is 12.7 Å². The number of anilines is 2. The molecule has 1 heterocycles. The highest BCUT2D eigenvalue weighted by atomic mass is 19.4. The number of rotatable bonds is 6. The molecule has 13 heteroatoms. The van der Waals surface area contributed by atoms with E-state index in [0.717, 1.165) is 41.0 Å². The quantitative estimate of drug-likeness (QED) is 0.251. The van der Waals surface area contributed by atoms with Gasteiger partial charge in [0.15, 0.2) is 0 Å². The molecule has 1 aromatic heterocycles. The van der Waals surface area contributed by atoms with Gasteiger partial charge in [0.2, 0.25) is 5.88 Å². The van der Waals surface area contributed by atoms with Gasteiger partial charge in [0, 0.05) is 23.0 Å². The molecule has 0 aliphatic heterocycles. The van der Waals surface area contributed by atoms with Crippen LogP contribution in [0, 0.1) is 11.6 Å². The third-order valence-electron chi connectivity index (χ3n) is 4.83. The van der Waals surface area contributed by atoms with E-state index in [1.165, 1.54) is 30.3 Å². The largest absolute Gasteiger partial charge is 0.573 e. The molecule has 0 atom stereocenters. The van der Waals surface area contributed by atoms with Crippen LogP contribution in [0.3, 0.4) is 0 Å². The molecule has 37 heavy (non-hydrogen) atoms. The summed E-state index contributed by atoms with van der Waals surface area (Å²) in [4.78, 5) is 0. The van der Waals surface area contributed by atoms with E-state index in [0.29, 0.717) is 6.07 Å². The zero-order valence-electron chi connectivity index (χ0n) is 18.2. The van der Waals surface area contributed by atoms with Crippen molar-refractivity contribution in [3.05, 3.63) is 84.4 Å². The molecule has 2 N–H and O–H groups in total. The van der Waals surface area contributed by atoms with E-state index in [9.17, 15) is 40.2 Å². The maximum absolute atomic E-state index is 13.9. The average molecular weight is 530 g/mol. The van der Waals surface area contributed by atoms with E-state index in [2.05, 4.69) is 14.8 Å². The summed E-state index contributed by atoms with van der Waals surface area (Å²) in [6.07, 6.45) is -9.82. The molecule has 0 fully saturated rings. The van der Waals surface area contributed by atoms with Gasteiger partial charge in [-0.15, -0.1) is 26.3 Å². The van der Waals surface area contributed by atoms with Gasteiger partial charge in [0.25, 0.3) is 0 Å². The summed E-state index contributed by atoms with van der Waals surface area (Å²) < 4.78 is 111. The van der Waals surface area contributed by atoms with Gasteiger partial charge in [0.05, 0.1) is 5.69 Å². The standard InChI is InChI=1S/C24H14F8N2O3/c25-14-9-13(10-15(26)11-14)21-12-20(33-16-1-5-18(6-2-16)36-23(27,28)29)22(35)34(21)17-3-7-19(8-4-17)37-24(30,31)32/h1-12,33,35H. The number of aromatic nitrogens is 1. The van der Waals surface area contributed by atoms with Crippen molar-refractivity contribution < 1.29 is 49.7 Å². The Hall–Kier alpha value is -4.42. The zero-order chi connectivity index (χ0) is 27.0. The molecule has 4 aromatic rings. The first-order valence-electron chi connectivity index (χ1n) is 10.2. The number of nitrogens with one attached hydrogen (secondary N) is 1. The van der Waals surface area contributed by atoms with Crippen LogP contribution in [0.25, 0.3) is 16.9 Å². The molecule has 0 radical (unpaired) electrons. The summed E-state index contributed by atoms with van der Waals surface area (Å²) in [6.45, 7) is 0. The van der Waals surface area contributed by atoms with Gasteiger partial charge in [-0.1, -0.05) is 0 Å². The van der Waals surface area contributed by atoms with Crippen molar-refractivity contribution >= 4 is 11.4 Å². The number of nitrogens with zero attached hydrogens (tertiary/aromatic N) is 1. The third-order valence-corrected chi connectivity index (χ3v) is 4.83. The first kappa shape index (κ1) is 25.7. The number of halogens is 8. The van der Waals surface area contributed by atoms with E-state index in [4.69, 9.17) is 0 Å². The van der Waals surface area contributed by atoms with Crippen LogP contribution in [0.2, 0.25) is 0 Å². The van der Waals surface area contributed by atoms with Crippen molar-refractivity contribution in [2.24, 2.45) is 0 Å². The summed E-state index contributed by atoms with van der Waals surface area (Å²) in [5.74, 6) is -3.39. The Morgan fingerprint density at radius 3 is 1.65 bits per heavy atom. The Morgan fingerprint density at radius 2 is 1.16 bits per heavy atom. The highest BCUT2D eigenvalue weighted by Gasteiger charge is 2.32. The van der Waals surface area contributed by atoms with Gasteiger partial charge in [-0.25, -0.2) is 8.78 Å². The fourth-order valence-electron chi connectivity index (χ4n) is 3.46. The van der Waals surface area contributed by atoms with Crippen LogP contribution in [-0.2, 0) is 0 Å². The van der Waals surface area contributed by atoms with Crippen LogP contribution in [0.4, 0.5) is 46.5 Å². The molecular weight excluding hydrogens is 516 g/mol. The van der Waals surface area contributed by atoms with Gasteiger partial charge in [-0.05, 0) is 66.7 Å². The second kappa shape index (κ2) is 9.56. The topological polar surface area (TPSA) is 55.6 Å². The molecule has 194 valence electrons. The third kappa shape index (κ3) is 6.42. The van der Waals surface area contributed by atoms with E-state index in [1.807, 2.05) is 0 Å². The molecule has 0 bridgehead atoms. The number of alkyl halides is 6. The summed E-state index contributed by atoms with van der Waals surface area (Å²) in [6, 6.07) is 12.7. The van der Waals surface area contributed by atoms with Crippen LogP contribution in [0.5, 0.6) is 17.4 Å². The molecule has 3 aromatic carbocycles. The number of aromatic hydroxyl groups is 1. The van der Waals surface area contributed by atoms with Crippen LogP contribution in [-0.4, -0.2) is 22.4 Å². The second-order valence-electron chi connectivity index (χ2n) is 7.50. The highest BCUT2D eigenvalue weighted by Crippen LogP contribution is 2.40. The molecule has 0 aliphatic rings. The molecular formula is C24H14F8N2O3. The van der Waals surface area contributed by atoms with E-state index in [1.54, 1.807) is 0 Å². The SMILES string of the molecule is Oc1c(Nc2ccc(OC(F)(F)F)cc2)cc(-c2cc(F)cc(F)c2)n1-c1ccc(OC(F)(F)F)cc1. The van der Waals surface area contributed by atoms with Crippen LogP contribution < -0.4 is 14.8 Å². The monoisotopic (exact) mass is 530 g/mol. The van der Waals surface area contributed by atoms with Crippen LogP contribution in [0.1, 0.15) is 0 Å². The summed E-state index contributed by atoms with van der Waals surface area (Å²) in [5, 5.41) is 13.7.